The van der Waals surface area contributed by atoms with Gasteiger partial charge < -0.3 is 4.90 Å². The Balaban J connectivity index is 1.16. The van der Waals surface area contributed by atoms with Crippen molar-refractivity contribution in [2.75, 3.05) is 4.90 Å². The van der Waals surface area contributed by atoms with Gasteiger partial charge in [0.1, 0.15) is 0 Å². The first-order chi connectivity index (χ1) is 26.8. The van der Waals surface area contributed by atoms with E-state index in [4.69, 9.17) is 0 Å². The van der Waals surface area contributed by atoms with Gasteiger partial charge in [0.2, 0.25) is 0 Å². The highest BCUT2D eigenvalue weighted by atomic mass is 32.1. The topological polar surface area (TPSA) is 3.24 Å². The lowest BCUT2D eigenvalue weighted by atomic mass is 9.92. The zero-order valence-electron chi connectivity index (χ0n) is 29.4. The monoisotopic (exact) mass is 703 g/mol. The normalized spacial score (nSPS) is 11.7. The fourth-order valence-electron chi connectivity index (χ4n) is 8.57. The van der Waals surface area contributed by atoms with Gasteiger partial charge in [-0.15, -0.1) is 11.3 Å². The molecule has 0 N–H and O–H groups in total. The molecule has 252 valence electrons. The summed E-state index contributed by atoms with van der Waals surface area (Å²) in [5.74, 6) is 0. The van der Waals surface area contributed by atoms with Crippen LogP contribution >= 0.6 is 11.3 Å². The van der Waals surface area contributed by atoms with E-state index in [-0.39, 0.29) is 0 Å². The molecule has 54 heavy (non-hydrogen) atoms. The molecule has 0 unspecified atom stereocenters. The number of fused-ring (bicyclic) bond motifs is 9. The first-order valence-electron chi connectivity index (χ1n) is 18.5. The molecule has 1 aromatic heterocycles. The van der Waals surface area contributed by atoms with Crippen LogP contribution in [0.1, 0.15) is 0 Å². The third kappa shape index (κ3) is 4.85. The van der Waals surface area contributed by atoms with E-state index < -0.39 is 0 Å². The highest BCUT2D eigenvalue weighted by Crippen LogP contribution is 2.49. The SMILES string of the molecule is c1ccc(N(c2ccc(-c3cc4ccccc4c4ccccc34)cc2)c2cccc3c2sc2ccccc23)c(-c2cc3ccccc3c3ccccc23)c1. The fraction of sp³-hybridized carbons (Fsp3) is 0. The standard InChI is InChI=1S/C52H33NS/c1-3-16-38-35(14-1)32-47(42-20-7-5-18-40(38)42)34-28-30-37(31-29-34)53(50-26-13-24-46-45-23-10-12-27-51(45)54-52(46)50)49-25-11-9-22-44(49)48-33-36-15-2-4-17-39(36)41-19-6-8-21-43(41)48/h1-33H. The second-order valence-electron chi connectivity index (χ2n) is 14.0. The number of para-hydroxylation sites is 1. The molecule has 0 saturated carbocycles. The summed E-state index contributed by atoms with van der Waals surface area (Å²) in [6.45, 7) is 0. The largest absolute Gasteiger partial charge is 0.308 e. The zero-order chi connectivity index (χ0) is 35.6. The quantitative estimate of drug-likeness (QED) is 0.161. The Morgan fingerprint density at radius 2 is 0.815 bits per heavy atom. The lowest BCUT2D eigenvalue weighted by Crippen LogP contribution is -2.11. The van der Waals surface area contributed by atoms with E-state index in [1.54, 1.807) is 0 Å². The Morgan fingerprint density at radius 1 is 0.315 bits per heavy atom. The molecule has 0 aliphatic rings. The highest BCUT2D eigenvalue weighted by molar-refractivity contribution is 7.26. The van der Waals surface area contributed by atoms with Crippen LogP contribution in [0, 0.1) is 0 Å². The minimum atomic E-state index is 1.12. The summed E-state index contributed by atoms with van der Waals surface area (Å²) in [7, 11) is 0. The number of rotatable bonds is 5. The van der Waals surface area contributed by atoms with Crippen molar-refractivity contribution in [3.05, 3.63) is 200 Å². The number of hydrogen-bond donors (Lipinski definition) is 0. The van der Waals surface area contributed by atoms with E-state index in [9.17, 15) is 0 Å². The summed E-state index contributed by atoms with van der Waals surface area (Å²) in [4.78, 5) is 2.49. The van der Waals surface area contributed by atoms with Crippen molar-refractivity contribution < 1.29 is 0 Å². The van der Waals surface area contributed by atoms with Crippen molar-refractivity contribution in [2.45, 2.75) is 0 Å². The van der Waals surface area contributed by atoms with Gasteiger partial charge in [-0.1, -0.05) is 158 Å². The third-order valence-corrected chi connectivity index (χ3v) is 12.2. The Hall–Kier alpha value is -6.74. The molecular weight excluding hydrogens is 671 g/mol. The molecular formula is C52H33NS. The molecule has 0 spiro atoms. The predicted octanol–water partition coefficient (Wildman–Crippen LogP) is 15.5. The lowest BCUT2D eigenvalue weighted by molar-refractivity contribution is 1.30. The maximum atomic E-state index is 2.49. The molecule has 0 atom stereocenters. The predicted molar refractivity (Wildman–Crippen MR) is 235 cm³/mol. The lowest BCUT2D eigenvalue weighted by Gasteiger charge is -2.29. The summed E-state index contributed by atoms with van der Waals surface area (Å²) in [6.07, 6.45) is 0. The number of benzene rings is 10. The van der Waals surface area contributed by atoms with Crippen molar-refractivity contribution in [1.29, 1.82) is 0 Å². The van der Waals surface area contributed by atoms with Gasteiger partial charge in [0, 0.05) is 26.7 Å². The minimum Gasteiger partial charge on any atom is -0.308 e. The van der Waals surface area contributed by atoms with Crippen LogP contribution in [-0.2, 0) is 0 Å². The smallest absolute Gasteiger partial charge is 0.0640 e. The van der Waals surface area contributed by atoms with Crippen LogP contribution in [-0.4, -0.2) is 0 Å². The number of hydrogen-bond acceptors (Lipinski definition) is 2. The van der Waals surface area contributed by atoms with Crippen molar-refractivity contribution in [1.82, 2.24) is 0 Å². The molecule has 0 aliphatic carbocycles. The molecule has 11 rings (SSSR count). The number of anilines is 3. The molecule has 11 aromatic rings. The average Bonchev–Trinajstić information content (AvgIpc) is 3.63. The molecule has 1 nitrogen and oxygen atoms in total. The average molecular weight is 704 g/mol. The van der Waals surface area contributed by atoms with Gasteiger partial charge in [0.15, 0.2) is 0 Å². The van der Waals surface area contributed by atoms with Gasteiger partial charge in [-0.2, -0.15) is 0 Å². The van der Waals surface area contributed by atoms with Gasteiger partial charge in [-0.3, -0.25) is 0 Å². The molecule has 0 radical (unpaired) electrons. The Kier molecular flexibility index (Phi) is 7.11. The van der Waals surface area contributed by atoms with Gasteiger partial charge in [0.25, 0.3) is 0 Å². The molecule has 10 aromatic carbocycles. The summed E-state index contributed by atoms with van der Waals surface area (Å²) in [6, 6.07) is 73.5. The van der Waals surface area contributed by atoms with E-state index in [0.717, 1.165) is 11.4 Å². The highest BCUT2D eigenvalue weighted by Gasteiger charge is 2.22. The molecule has 0 aliphatic heterocycles. The second-order valence-corrected chi connectivity index (χ2v) is 15.1. The van der Waals surface area contributed by atoms with E-state index in [0.29, 0.717) is 0 Å². The van der Waals surface area contributed by atoms with Gasteiger partial charge in [-0.25, -0.2) is 0 Å². The van der Waals surface area contributed by atoms with E-state index >= 15 is 0 Å². The van der Waals surface area contributed by atoms with E-state index in [1.165, 1.54) is 91.2 Å². The second kappa shape index (κ2) is 12.4. The first kappa shape index (κ1) is 30.8. The van der Waals surface area contributed by atoms with Gasteiger partial charge in [0.05, 0.1) is 16.1 Å². The fourth-order valence-corrected chi connectivity index (χ4v) is 9.78. The maximum Gasteiger partial charge on any atom is 0.0640 e. The molecule has 0 amide bonds. The van der Waals surface area contributed by atoms with E-state index in [2.05, 4.69) is 205 Å². The molecule has 0 bridgehead atoms. The molecule has 0 fully saturated rings. The minimum absolute atomic E-state index is 1.12. The number of nitrogens with zero attached hydrogens (tertiary/aromatic N) is 1. The maximum absolute atomic E-state index is 2.49. The molecule has 0 saturated heterocycles. The van der Waals surface area contributed by atoms with Crippen LogP contribution in [0.15, 0.2) is 200 Å². The Bertz CT molecular complexity index is 3230. The summed E-state index contributed by atoms with van der Waals surface area (Å²) >= 11 is 1.87. The molecule has 2 heteroatoms. The first-order valence-corrected chi connectivity index (χ1v) is 19.3. The van der Waals surface area contributed by atoms with Crippen molar-refractivity contribution in [3.63, 3.8) is 0 Å². The van der Waals surface area contributed by atoms with Crippen LogP contribution in [0.3, 0.4) is 0 Å². The summed E-state index contributed by atoms with van der Waals surface area (Å²) in [5, 5.41) is 12.7. The van der Waals surface area contributed by atoms with Crippen LogP contribution in [0.25, 0.3) is 85.5 Å². The van der Waals surface area contributed by atoms with Crippen molar-refractivity contribution in [3.8, 4) is 22.3 Å². The molecule has 1 heterocycles. The van der Waals surface area contributed by atoms with Crippen LogP contribution in [0.4, 0.5) is 17.1 Å². The van der Waals surface area contributed by atoms with Crippen molar-refractivity contribution >= 4 is 91.7 Å². The van der Waals surface area contributed by atoms with Gasteiger partial charge >= 0.3 is 0 Å². The van der Waals surface area contributed by atoms with Crippen LogP contribution in [0.5, 0.6) is 0 Å². The summed E-state index contributed by atoms with van der Waals surface area (Å²) < 4.78 is 2.58. The van der Waals surface area contributed by atoms with Crippen molar-refractivity contribution in [2.24, 2.45) is 0 Å². The Morgan fingerprint density at radius 3 is 1.52 bits per heavy atom. The Labute approximate surface area is 317 Å². The van der Waals surface area contributed by atoms with E-state index in [1.807, 2.05) is 11.3 Å². The number of thiophene rings is 1. The zero-order valence-corrected chi connectivity index (χ0v) is 30.2. The van der Waals surface area contributed by atoms with Crippen LogP contribution in [0.2, 0.25) is 0 Å². The van der Waals surface area contributed by atoms with Gasteiger partial charge in [-0.05, 0) is 102 Å². The van der Waals surface area contributed by atoms with Crippen LogP contribution < -0.4 is 4.90 Å². The summed E-state index contributed by atoms with van der Waals surface area (Å²) in [5.41, 5.74) is 8.31. The third-order valence-electron chi connectivity index (χ3n) is 11.0.